The molecule has 2 aromatic heterocycles. The third-order valence-corrected chi connectivity index (χ3v) is 7.59. The van der Waals surface area contributed by atoms with Crippen molar-refractivity contribution in [3.8, 4) is 11.1 Å². The predicted octanol–water partition coefficient (Wildman–Crippen LogP) is 3.18. The summed E-state index contributed by atoms with van der Waals surface area (Å²) in [6.07, 6.45) is 7.34. The van der Waals surface area contributed by atoms with Crippen LogP contribution in [0.2, 0.25) is 0 Å². The molecule has 0 bridgehead atoms. The number of carbonyl (C=O) groups excluding carboxylic acids is 2. The third-order valence-electron chi connectivity index (χ3n) is 7.59. The van der Waals surface area contributed by atoms with Gasteiger partial charge in [0.15, 0.2) is 0 Å². The van der Waals surface area contributed by atoms with Gasteiger partial charge in [0.2, 0.25) is 11.8 Å². The van der Waals surface area contributed by atoms with Crippen LogP contribution in [0.25, 0.3) is 16.8 Å². The van der Waals surface area contributed by atoms with E-state index in [9.17, 15) is 9.59 Å². The fourth-order valence-electron chi connectivity index (χ4n) is 5.39. The molecule has 2 amide bonds. The van der Waals surface area contributed by atoms with Crippen molar-refractivity contribution in [3.05, 3.63) is 60.6 Å². The normalized spacial score (nSPS) is 20.4. The first kappa shape index (κ1) is 24.5. The largest absolute Gasteiger partial charge is 0.381 e. The Balaban J connectivity index is 1.44. The van der Waals surface area contributed by atoms with E-state index in [1.807, 2.05) is 46.0 Å². The van der Waals surface area contributed by atoms with E-state index in [1.54, 1.807) is 14.0 Å². The molecule has 190 valence electrons. The molecule has 2 fully saturated rings. The Bertz CT molecular complexity index is 1200. The maximum absolute atomic E-state index is 14.0. The standard InChI is InChI=1S/C28H35N5O3/c1-19(29-2)27(34)31-25(21-12-16-36-17-13-21)28(35)33-15-7-11-24(33)23-18-32-14-6-10-22(26(32)30-23)20-8-4-3-5-9-20/h3-6,8-10,14,18-19,21,24-25,29H,7,11-13,15-17H2,1-2H3,(H,31,34)/t19-,24-,25-/m0/s1. The van der Waals surface area contributed by atoms with Gasteiger partial charge in [-0.25, -0.2) is 4.98 Å². The fourth-order valence-corrected chi connectivity index (χ4v) is 5.39. The zero-order valence-electron chi connectivity index (χ0n) is 21.0. The lowest BCUT2D eigenvalue weighted by molar-refractivity contribution is -0.140. The molecule has 4 heterocycles. The number of aromatic nitrogens is 2. The molecular formula is C28H35N5O3. The molecule has 0 radical (unpaired) electrons. The topological polar surface area (TPSA) is 88.0 Å². The number of nitrogens with zero attached hydrogens (tertiary/aromatic N) is 3. The highest BCUT2D eigenvalue weighted by molar-refractivity contribution is 5.90. The number of benzene rings is 1. The number of likely N-dealkylation sites (N-methyl/N-ethyl adjacent to an activating group) is 1. The second kappa shape index (κ2) is 10.8. The summed E-state index contributed by atoms with van der Waals surface area (Å²) in [5.74, 6) is -0.106. The summed E-state index contributed by atoms with van der Waals surface area (Å²) >= 11 is 0. The fraction of sp³-hybridized carbons (Fsp3) is 0.464. The zero-order chi connectivity index (χ0) is 25.1. The first-order valence-electron chi connectivity index (χ1n) is 13.0. The molecule has 8 nitrogen and oxygen atoms in total. The van der Waals surface area contributed by atoms with Gasteiger partial charge in [0.05, 0.1) is 17.8 Å². The molecule has 5 rings (SSSR count). The molecule has 0 unspecified atom stereocenters. The van der Waals surface area contributed by atoms with Gasteiger partial charge in [0.25, 0.3) is 0 Å². The van der Waals surface area contributed by atoms with Crippen LogP contribution in [-0.4, -0.2) is 65.0 Å². The molecule has 2 N–H and O–H groups in total. The van der Waals surface area contributed by atoms with Gasteiger partial charge < -0.3 is 24.7 Å². The van der Waals surface area contributed by atoms with Crippen molar-refractivity contribution in [1.29, 1.82) is 0 Å². The smallest absolute Gasteiger partial charge is 0.246 e. The Morgan fingerprint density at radius 2 is 1.86 bits per heavy atom. The number of hydrogen-bond donors (Lipinski definition) is 2. The van der Waals surface area contributed by atoms with Gasteiger partial charge in [0.1, 0.15) is 11.7 Å². The SMILES string of the molecule is CN[C@@H](C)C(=O)N[C@H](C(=O)N1CCC[C@H]1c1cn2cccc(-c3ccccc3)c2n1)C1CCOCC1. The summed E-state index contributed by atoms with van der Waals surface area (Å²) in [6, 6.07) is 13.3. The van der Waals surface area contributed by atoms with Crippen molar-refractivity contribution in [1.82, 2.24) is 24.9 Å². The summed E-state index contributed by atoms with van der Waals surface area (Å²) in [5, 5.41) is 6.04. The number of hydrogen-bond acceptors (Lipinski definition) is 5. The number of ether oxygens (including phenoxy) is 1. The molecule has 2 saturated heterocycles. The minimum Gasteiger partial charge on any atom is -0.381 e. The zero-order valence-corrected chi connectivity index (χ0v) is 21.0. The van der Waals surface area contributed by atoms with Crippen molar-refractivity contribution in [2.45, 2.75) is 50.7 Å². The second-order valence-corrected chi connectivity index (χ2v) is 9.82. The molecule has 1 aromatic carbocycles. The summed E-state index contributed by atoms with van der Waals surface area (Å²) in [7, 11) is 1.75. The van der Waals surface area contributed by atoms with Gasteiger partial charge in [-0.2, -0.15) is 0 Å². The monoisotopic (exact) mass is 489 g/mol. The van der Waals surface area contributed by atoms with Crippen molar-refractivity contribution < 1.29 is 14.3 Å². The number of rotatable bonds is 7. The quantitative estimate of drug-likeness (QED) is 0.532. The Morgan fingerprint density at radius 1 is 1.08 bits per heavy atom. The summed E-state index contributed by atoms with van der Waals surface area (Å²) in [5.41, 5.74) is 3.95. The van der Waals surface area contributed by atoms with Gasteiger partial charge >= 0.3 is 0 Å². The van der Waals surface area contributed by atoms with Gasteiger partial charge in [-0.1, -0.05) is 30.3 Å². The molecule has 0 saturated carbocycles. The van der Waals surface area contributed by atoms with Crippen LogP contribution in [0.3, 0.4) is 0 Å². The van der Waals surface area contributed by atoms with Crippen molar-refractivity contribution >= 4 is 17.5 Å². The van der Waals surface area contributed by atoms with Crippen LogP contribution in [0.15, 0.2) is 54.9 Å². The minimum absolute atomic E-state index is 0.0126. The van der Waals surface area contributed by atoms with Crippen molar-refractivity contribution in [2.24, 2.45) is 5.92 Å². The number of amides is 2. The molecule has 0 aliphatic carbocycles. The maximum Gasteiger partial charge on any atom is 0.246 e. The van der Waals surface area contributed by atoms with Crippen LogP contribution in [0.5, 0.6) is 0 Å². The molecule has 0 spiro atoms. The van der Waals surface area contributed by atoms with E-state index in [1.165, 1.54) is 0 Å². The Hall–Kier alpha value is -3.23. The number of nitrogens with one attached hydrogen (secondary N) is 2. The molecule has 8 heteroatoms. The lowest BCUT2D eigenvalue weighted by Crippen LogP contribution is -2.56. The van der Waals surface area contributed by atoms with E-state index in [2.05, 4.69) is 28.8 Å². The number of imidazole rings is 1. The van der Waals surface area contributed by atoms with Gasteiger partial charge in [0, 0.05) is 37.7 Å². The maximum atomic E-state index is 14.0. The lowest BCUT2D eigenvalue weighted by atomic mass is 9.90. The van der Waals surface area contributed by atoms with Crippen LogP contribution < -0.4 is 10.6 Å². The van der Waals surface area contributed by atoms with E-state index in [-0.39, 0.29) is 29.8 Å². The minimum atomic E-state index is -0.560. The van der Waals surface area contributed by atoms with Crippen LogP contribution in [0.1, 0.15) is 44.3 Å². The summed E-state index contributed by atoms with van der Waals surface area (Å²) in [6.45, 7) is 3.70. The van der Waals surface area contributed by atoms with Crippen molar-refractivity contribution in [3.63, 3.8) is 0 Å². The number of pyridine rings is 1. The van der Waals surface area contributed by atoms with Gasteiger partial charge in [-0.3, -0.25) is 9.59 Å². The molecule has 2 aliphatic heterocycles. The van der Waals surface area contributed by atoms with E-state index in [0.29, 0.717) is 19.8 Å². The number of fused-ring (bicyclic) bond motifs is 1. The Morgan fingerprint density at radius 3 is 2.61 bits per heavy atom. The Labute approximate surface area is 212 Å². The predicted molar refractivity (Wildman–Crippen MR) is 138 cm³/mol. The van der Waals surface area contributed by atoms with E-state index < -0.39 is 6.04 Å². The average molecular weight is 490 g/mol. The molecule has 2 aliphatic rings. The average Bonchev–Trinajstić information content (AvgIpc) is 3.59. The van der Waals surface area contributed by atoms with E-state index in [0.717, 1.165) is 48.2 Å². The molecule has 3 atom stereocenters. The number of carbonyl (C=O) groups is 2. The second-order valence-electron chi connectivity index (χ2n) is 9.82. The van der Waals surface area contributed by atoms with Crippen LogP contribution in [0, 0.1) is 5.92 Å². The van der Waals surface area contributed by atoms with E-state index >= 15 is 0 Å². The molecule has 3 aromatic rings. The van der Waals surface area contributed by atoms with Crippen molar-refractivity contribution in [2.75, 3.05) is 26.8 Å². The summed E-state index contributed by atoms with van der Waals surface area (Å²) < 4.78 is 7.58. The third kappa shape index (κ3) is 4.88. The highest BCUT2D eigenvalue weighted by atomic mass is 16.5. The van der Waals surface area contributed by atoms with Gasteiger partial charge in [-0.05, 0) is 63.3 Å². The van der Waals surface area contributed by atoms with Gasteiger partial charge in [-0.15, -0.1) is 0 Å². The van der Waals surface area contributed by atoms with Crippen LogP contribution in [0.4, 0.5) is 0 Å². The first-order chi connectivity index (χ1) is 17.6. The highest BCUT2D eigenvalue weighted by Gasteiger charge is 2.40. The Kier molecular flexibility index (Phi) is 7.34. The molecular weight excluding hydrogens is 454 g/mol. The number of likely N-dealkylation sites (tertiary alicyclic amines) is 1. The lowest BCUT2D eigenvalue weighted by Gasteiger charge is -2.35. The first-order valence-corrected chi connectivity index (χ1v) is 13.0. The summed E-state index contributed by atoms with van der Waals surface area (Å²) in [4.78, 5) is 33.8. The van der Waals surface area contributed by atoms with E-state index in [4.69, 9.17) is 9.72 Å². The highest BCUT2D eigenvalue weighted by Crippen LogP contribution is 2.35. The van der Waals surface area contributed by atoms with Crippen LogP contribution in [-0.2, 0) is 14.3 Å². The van der Waals surface area contributed by atoms with Crippen LogP contribution >= 0.6 is 0 Å². The molecule has 36 heavy (non-hydrogen) atoms.